The number of carbonyl (C=O) groups is 1. The molecule has 18 heteroatoms. The van der Waals surface area contributed by atoms with Crippen LogP contribution in [0.2, 0.25) is 39.3 Å². The van der Waals surface area contributed by atoms with Crippen LogP contribution in [0.3, 0.4) is 0 Å². The Morgan fingerprint density at radius 3 is 1.90 bits per heavy atom. The van der Waals surface area contributed by atoms with Crippen molar-refractivity contribution in [2.75, 3.05) is 34.9 Å². The normalized spacial score (nSPS) is 42.1. The molecule has 0 amide bonds. The summed E-state index contributed by atoms with van der Waals surface area (Å²) in [6, 6.07) is -0.0381. The Morgan fingerprint density at radius 1 is 0.821 bits per heavy atom. The van der Waals surface area contributed by atoms with Gasteiger partial charge < -0.3 is 66.7 Å². The predicted molar refractivity (Wildman–Crippen MR) is 265 cm³/mol. The number of ether oxygens (including phenoxy) is 8. The highest BCUT2D eigenvalue weighted by Gasteiger charge is 2.55. The highest BCUT2D eigenvalue weighted by Crippen LogP contribution is 2.43. The van der Waals surface area contributed by atoms with Gasteiger partial charge >= 0.3 is 5.97 Å². The second-order valence-corrected chi connectivity index (χ2v) is 32.0. The van der Waals surface area contributed by atoms with Crippen molar-refractivity contribution in [2.24, 2.45) is 28.8 Å². The highest BCUT2D eigenvalue weighted by atomic mass is 28.4. The number of hydrogen-bond acceptors (Lipinski definition) is 16. The van der Waals surface area contributed by atoms with Gasteiger partial charge in [0.1, 0.15) is 17.8 Å². The van der Waals surface area contributed by atoms with Gasteiger partial charge in [-0.05, 0) is 121 Å². The molecule has 16 nitrogen and oxygen atoms in total. The molecule has 394 valence electrons. The van der Waals surface area contributed by atoms with Crippen LogP contribution >= 0.6 is 0 Å². The Kier molecular flexibility index (Phi) is 21.2. The number of oxime groups is 1. The first-order valence-corrected chi connectivity index (χ1v) is 31.7. The van der Waals surface area contributed by atoms with Crippen LogP contribution in [0.5, 0.6) is 0 Å². The molecule has 0 aromatic heterocycles. The summed E-state index contributed by atoms with van der Waals surface area (Å²) < 4.78 is 66.8. The van der Waals surface area contributed by atoms with E-state index >= 15 is 0 Å². The van der Waals surface area contributed by atoms with Gasteiger partial charge in [0.25, 0.3) is 0 Å². The van der Waals surface area contributed by atoms with Crippen molar-refractivity contribution >= 4 is 28.3 Å². The summed E-state index contributed by atoms with van der Waals surface area (Å²) in [4.78, 5) is 23.1. The van der Waals surface area contributed by atoms with E-state index in [9.17, 15) is 15.0 Å². The van der Waals surface area contributed by atoms with Crippen molar-refractivity contribution in [3.05, 3.63) is 0 Å². The highest BCUT2D eigenvalue weighted by molar-refractivity contribution is 6.70. The lowest BCUT2D eigenvalue weighted by Gasteiger charge is -2.51. The van der Waals surface area contributed by atoms with Gasteiger partial charge in [-0.3, -0.25) is 4.79 Å². The molecular formula is C49H96N2O14Si2. The quantitative estimate of drug-likeness (QED) is 0.0665. The first-order chi connectivity index (χ1) is 30.6. The maximum Gasteiger partial charge on any atom is 0.311 e. The van der Waals surface area contributed by atoms with Crippen LogP contribution in [0.25, 0.3) is 0 Å². The van der Waals surface area contributed by atoms with Crippen molar-refractivity contribution in [1.82, 2.24) is 4.90 Å². The zero-order valence-corrected chi connectivity index (χ0v) is 47.9. The van der Waals surface area contributed by atoms with Gasteiger partial charge in [0, 0.05) is 64.9 Å². The molecule has 0 aliphatic carbocycles. The number of hydrogen-bond donors (Lipinski definition) is 2. The Labute approximate surface area is 407 Å². The van der Waals surface area contributed by atoms with Gasteiger partial charge in [0.2, 0.25) is 5.79 Å². The number of rotatable bonds is 16. The van der Waals surface area contributed by atoms with E-state index < -0.39 is 118 Å². The molecule has 3 heterocycles. The molecular weight excluding hydrogens is 897 g/mol. The van der Waals surface area contributed by atoms with Crippen molar-refractivity contribution in [1.29, 1.82) is 0 Å². The molecule has 3 aliphatic rings. The molecule has 0 aromatic rings. The Balaban J connectivity index is 2.39. The van der Waals surface area contributed by atoms with E-state index in [4.69, 9.17) is 56.7 Å². The average molecular weight is 993 g/mol. The molecule has 18 atom stereocenters. The largest absolute Gasteiger partial charge is 0.459 e. The first kappa shape index (κ1) is 60.2. The van der Waals surface area contributed by atoms with Crippen LogP contribution in [0, 0.1) is 23.7 Å². The fraction of sp³-hybridized carbons (Fsp3) is 0.959. The molecule has 0 unspecified atom stereocenters. The zero-order chi connectivity index (χ0) is 51.4. The minimum absolute atomic E-state index is 0.0381. The third kappa shape index (κ3) is 15.5. The fourth-order valence-corrected chi connectivity index (χ4v) is 12.7. The Morgan fingerprint density at radius 2 is 1.39 bits per heavy atom. The number of esters is 1. The van der Waals surface area contributed by atoms with Crippen molar-refractivity contribution in [2.45, 2.75) is 245 Å². The van der Waals surface area contributed by atoms with Crippen molar-refractivity contribution < 1.29 is 66.6 Å². The fourth-order valence-electron chi connectivity index (χ4n) is 10.4. The van der Waals surface area contributed by atoms with Gasteiger partial charge in [-0.1, -0.05) is 32.9 Å². The number of aliphatic hydroxyl groups excluding tert-OH is 1. The van der Waals surface area contributed by atoms with Crippen LogP contribution in [0.1, 0.15) is 116 Å². The topological polar surface area (TPSA) is 175 Å². The second-order valence-electron chi connectivity index (χ2n) is 23.1. The summed E-state index contributed by atoms with van der Waals surface area (Å²) in [5.41, 5.74) is -3.43. The van der Waals surface area contributed by atoms with Gasteiger partial charge in [-0.15, -0.1) is 0 Å². The molecule has 0 radical (unpaired) electrons. The lowest BCUT2D eigenvalue weighted by Crippen LogP contribution is -2.63. The van der Waals surface area contributed by atoms with E-state index in [0.717, 1.165) is 6.42 Å². The first-order valence-electron chi connectivity index (χ1n) is 24.9. The second kappa shape index (κ2) is 23.6. The number of likely N-dealkylation sites (N-methyl/N-ethyl adjacent to an activating group) is 1. The van der Waals surface area contributed by atoms with Crippen LogP contribution in [-0.2, 0) is 56.4 Å². The maximum absolute atomic E-state index is 14.8. The summed E-state index contributed by atoms with van der Waals surface area (Å²) in [6.07, 6.45) is -5.99. The third-order valence-corrected chi connectivity index (χ3v) is 16.0. The van der Waals surface area contributed by atoms with Crippen LogP contribution in [0.15, 0.2) is 5.16 Å². The molecule has 3 rings (SSSR count). The molecule has 67 heavy (non-hydrogen) atoms. The van der Waals surface area contributed by atoms with E-state index in [-0.39, 0.29) is 31.1 Å². The molecule has 0 spiro atoms. The van der Waals surface area contributed by atoms with Crippen LogP contribution < -0.4 is 0 Å². The number of aliphatic hydroxyl groups is 2. The van der Waals surface area contributed by atoms with E-state index in [1.165, 1.54) is 6.92 Å². The van der Waals surface area contributed by atoms with Gasteiger partial charge in [-0.2, -0.15) is 0 Å². The number of methoxy groups -OCH3 is 2. The maximum atomic E-state index is 14.8. The minimum atomic E-state index is -2.20. The van der Waals surface area contributed by atoms with Crippen LogP contribution in [-0.4, -0.2) is 168 Å². The molecule has 3 saturated heterocycles. The minimum Gasteiger partial charge on any atom is -0.459 e. The van der Waals surface area contributed by atoms with Gasteiger partial charge in [0.15, 0.2) is 29.2 Å². The number of carbonyl (C=O) groups excluding carboxylic acids is 1. The molecule has 0 aromatic carbocycles. The van der Waals surface area contributed by atoms with Crippen LogP contribution in [0.4, 0.5) is 0 Å². The Hall–Kier alpha value is -1.11. The molecule has 3 fully saturated rings. The van der Waals surface area contributed by atoms with Crippen molar-refractivity contribution in [3.63, 3.8) is 0 Å². The van der Waals surface area contributed by atoms with E-state index in [0.29, 0.717) is 18.7 Å². The van der Waals surface area contributed by atoms with E-state index in [1.807, 2.05) is 62.6 Å². The lowest BCUT2D eigenvalue weighted by molar-refractivity contribution is -0.316. The lowest BCUT2D eigenvalue weighted by atomic mass is 9.73. The molecule has 3 aliphatic heterocycles. The number of cyclic esters (lactones) is 1. The Bertz CT molecular complexity index is 1590. The van der Waals surface area contributed by atoms with Crippen molar-refractivity contribution in [3.8, 4) is 0 Å². The van der Waals surface area contributed by atoms with E-state index in [2.05, 4.69) is 44.2 Å². The summed E-state index contributed by atoms with van der Waals surface area (Å²) in [6.45, 7) is 37.5. The standard InChI is InChI=1S/C49H96N2O14Si2/c1-24-36-49(13,54)41(52)31(5)38(50-65-46(9,10)57-25-2)29(3)27-47(11,55-16)42(62-45-40(63-66(18,19)20)35(51(14)15)26-30(4)58-45)32(6)39(33(7)44(53)60-36)61-37-28-48(12,56-17)43(34(8)59-37)64-67(21,22)23/h29-37,39-43,45,52,54H,24-28H2,1-23H3/b50-38+/t29-,30+,31+,32+,33-,34-,35-,36-,37-,39+,40+,41-,42-,43-,45-,47-,48+,49-/m1/s1. The smallest absolute Gasteiger partial charge is 0.311 e. The molecule has 2 N–H and O–H groups in total. The number of nitrogens with zero attached hydrogens (tertiary/aromatic N) is 2. The summed E-state index contributed by atoms with van der Waals surface area (Å²) in [7, 11) is 3.16. The zero-order valence-electron chi connectivity index (χ0n) is 45.9. The predicted octanol–water partition coefficient (Wildman–Crippen LogP) is 7.73. The average Bonchev–Trinajstić information content (AvgIpc) is 3.20. The van der Waals surface area contributed by atoms with E-state index in [1.54, 1.807) is 48.8 Å². The summed E-state index contributed by atoms with van der Waals surface area (Å²) >= 11 is 0. The molecule has 0 saturated carbocycles. The SMILES string of the molecule is CCOC(C)(C)O/N=C1\[C@H](C)C[C@@](C)(OC)[C@H](O[C@H]2O[C@@H](C)C[C@@H](N(C)C)[C@@H]2O[Si](C)(C)C)[C@@H](C)[C@H](O[C@@H]2C[C@](C)(OC)[C@H](O[Si](C)(C)C)[C@@H](C)O2)[C@@H](C)C(=O)O[C@H](CC)[C@@](C)(O)[C@H](O)[C@H]1C. The summed E-state index contributed by atoms with van der Waals surface area (Å²) in [5, 5.41) is 29.2. The monoisotopic (exact) mass is 993 g/mol. The van der Waals surface area contributed by atoms with Gasteiger partial charge in [0.05, 0.1) is 59.5 Å². The molecule has 0 bridgehead atoms. The summed E-state index contributed by atoms with van der Waals surface area (Å²) in [5.74, 6) is -4.57. The van der Waals surface area contributed by atoms with Gasteiger partial charge in [-0.25, -0.2) is 0 Å². The third-order valence-electron chi connectivity index (χ3n) is 14.1.